The number of amides is 1. The minimum Gasteiger partial charge on any atom is -0.493 e. The number of carbonyl (C=O) groups excluding carboxylic acids is 1. The Hall–Kier alpha value is -1.95. The first-order chi connectivity index (χ1) is 9.70. The molecule has 0 saturated heterocycles. The van der Waals surface area contributed by atoms with Crippen LogP contribution in [0.15, 0.2) is 12.1 Å². The van der Waals surface area contributed by atoms with E-state index in [0.29, 0.717) is 50.1 Å². The molecule has 20 heavy (non-hydrogen) atoms. The molecule has 0 aliphatic carbocycles. The molecular formula is C14H20N2O4. The van der Waals surface area contributed by atoms with E-state index in [1.807, 2.05) is 12.1 Å². The second-order valence-electron chi connectivity index (χ2n) is 4.48. The Balaban J connectivity index is 1.93. The van der Waals surface area contributed by atoms with Gasteiger partial charge in [0, 0.05) is 26.6 Å². The monoisotopic (exact) mass is 280 g/mol. The summed E-state index contributed by atoms with van der Waals surface area (Å²) >= 11 is 0. The third-order valence-electron chi connectivity index (χ3n) is 2.89. The molecule has 0 saturated carbocycles. The Morgan fingerprint density at radius 2 is 2.10 bits per heavy atom. The number of methoxy groups -OCH3 is 1. The fourth-order valence-electron chi connectivity index (χ4n) is 1.99. The third-order valence-corrected chi connectivity index (χ3v) is 2.89. The Morgan fingerprint density at radius 3 is 2.85 bits per heavy atom. The smallest absolute Gasteiger partial charge is 0.216 e. The first kappa shape index (κ1) is 14.5. The molecule has 0 unspecified atom stereocenters. The molecule has 2 rings (SSSR count). The van der Waals surface area contributed by atoms with Crippen LogP contribution in [0.2, 0.25) is 0 Å². The van der Waals surface area contributed by atoms with Gasteiger partial charge in [-0.2, -0.15) is 0 Å². The quantitative estimate of drug-likeness (QED) is 0.750. The van der Waals surface area contributed by atoms with Crippen molar-refractivity contribution in [2.75, 3.05) is 33.4 Å². The maximum Gasteiger partial charge on any atom is 0.216 e. The van der Waals surface area contributed by atoms with Crippen molar-refractivity contribution in [3.05, 3.63) is 17.7 Å². The Morgan fingerprint density at radius 1 is 1.30 bits per heavy atom. The molecular weight excluding hydrogens is 260 g/mol. The second kappa shape index (κ2) is 7.00. The minimum atomic E-state index is -0.0206. The van der Waals surface area contributed by atoms with Gasteiger partial charge in [-0.25, -0.2) is 0 Å². The van der Waals surface area contributed by atoms with Crippen molar-refractivity contribution in [1.82, 2.24) is 10.6 Å². The van der Waals surface area contributed by atoms with Gasteiger partial charge in [-0.15, -0.1) is 0 Å². The lowest BCUT2D eigenvalue weighted by molar-refractivity contribution is -0.118. The molecule has 1 amide bonds. The van der Waals surface area contributed by atoms with Crippen molar-refractivity contribution >= 4 is 5.91 Å². The van der Waals surface area contributed by atoms with E-state index >= 15 is 0 Å². The molecule has 0 fully saturated rings. The lowest BCUT2D eigenvalue weighted by Gasteiger charge is -2.21. The summed E-state index contributed by atoms with van der Waals surface area (Å²) in [6.07, 6.45) is 0. The number of nitrogens with one attached hydrogen (secondary N) is 2. The first-order valence-corrected chi connectivity index (χ1v) is 6.62. The standard InChI is InChI=1S/C14H20N2O4/c1-10(17)16-4-3-15-9-11-7-12(18-2)14-13(8-11)19-5-6-20-14/h7-8,15H,3-6,9H2,1-2H3,(H,16,17). The average Bonchev–Trinajstić information content (AvgIpc) is 2.45. The Labute approximate surface area is 118 Å². The molecule has 0 aromatic heterocycles. The van der Waals surface area contributed by atoms with Gasteiger partial charge in [0.05, 0.1) is 7.11 Å². The van der Waals surface area contributed by atoms with Crippen LogP contribution in [0.3, 0.4) is 0 Å². The molecule has 110 valence electrons. The van der Waals surface area contributed by atoms with Gasteiger partial charge < -0.3 is 24.8 Å². The fourth-order valence-corrected chi connectivity index (χ4v) is 1.99. The number of carbonyl (C=O) groups is 1. The zero-order chi connectivity index (χ0) is 14.4. The molecule has 2 N–H and O–H groups in total. The van der Waals surface area contributed by atoms with E-state index in [9.17, 15) is 4.79 Å². The zero-order valence-electron chi connectivity index (χ0n) is 11.8. The van der Waals surface area contributed by atoms with Crippen molar-refractivity contribution < 1.29 is 19.0 Å². The summed E-state index contributed by atoms with van der Waals surface area (Å²) in [6.45, 7) is 4.58. The minimum absolute atomic E-state index is 0.0206. The predicted octanol–water partition coefficient (Wildman–Crippen LogP) is 0.692. The molecule has 1 aromatic carbocycles. The van der Waals surface area contributed by atoms with Crippen LogP contribution in [0, 0.1) is 0 Å². The summed E-state index contributed by atoms with van der Waals surface area (Å²) in [6, 6.07) is 3.88. The summed E-state index contributed by atoms with van der Waals surface area (Å²) in [5.74, 6) is 2.05. The van der Waals surface area contributed by atoms with Gasteiger partial charge in [0.1, 0.15) is 13.2 Å². The van der Waals surface area contributed by atoms with Crippen LogP contribution in [-0.4, -0.2) is 39.3 Å². The van der Waals surface area contributed by atoms with Crippen molar-refractivity contribution in [2.45, 2.75) is 13.5 Å². The molecule has 1 heterocycles. The van der Waals surface area contributed by atoms with Crippen molar-refractivity contribution in [2.24, 2.45) is 0 Å². The topological polar surface area (TPSA) is 68.8 Å². The molecule has 0 atom stereocenters. The molecule has 0 spiro atoms. The molecule has 1 aliphatic heterocycles. The van der Waals surface area contributed by atoms with Gasteiger partial charge in [0.2, 0.25) is 11.7 Å². The highest BCUT2D eigenvalue weighted by Crippen LogP contribution is 2.40. The number of fused-ring (bicyclic) bond motifs is 1. The summed E-state index contributed by atoms with van der Waals surface area (Å²) < 4.78 is 16.5. The van der Waals surface area contributed by atoms with Crippen LogP contribution in [0.1, 0.15) is 12.5 Å². The summed E-state index contributed by atoms with van der Waals surface area (Å²) in [5, 5.41) is 5.98. The van der Waals surface area contributed by atoms with Gasteiger partial charge in [0.15, 0.2) is 11.5 Å². The van der Waals surface area contributed by atoms with E-state index in [1.165, 1.54) is 6.92 Å². The normalized spacial score (nSPS) is 12.9. The van der Waals surface area contributed by atoms with Gasteiger partial charge in [0.25, 0.3) is 0 Å². The lowest BCUT2D eigenvalue weighted by Crippen LogP contribution is -2.29. The van der Waals surface area contributed by atoms with Gasteiger partial charge in [-0.3, -0.25) is 4.79 Å². The maximum absolute atomic E-state index is 10.7. The Kier molecular flexibility index (Phi) is 5.06. The van der Waals surface area contributed by atoms with Gasteiger partial charge in [-0.05, 0) is 17.7 Å². The number of hydrogen-bond donors (Lipinski definition) is 2. The van der Waals surface area contributed by atoms with Gasteiger partial charge >= 0.3 is 0 Å². The fraction of sp³-hybridized carbons (Fsp3) is 0.500. The number of rotatable bonds is 6. The molecule has 1 aromatic rings. The van der Waals surface area contributed by atoms with Crippen LogP contribution in [0.5, 0.6) is 17.2 Å². The summed E-state index contributed by atoms with van der Waals surface area (Å²) in [5.41, 5.74) is 1.05. The average molecular weight is 280 g/mol. The molecule has 0 bridgehead atoms. The predicted molar refractivity (Wildman–Crippen MR) is 74.4 cm³/mol. The van der Waals surface area contributed by atoms with E-state index in [4.69, 9.17) is 14.2 Å². The summed E-state index contributed by atoms with van der Waals surface area (Å²) in [7, 11) is 1.61. The van der Waals surface area contributed by atoms with E-state index in [0.717, 1.165) is 5.56 Å². The highest BCUT2D eigenvalue weighted by atomic mass is 16.6. The number of benzene rings is 1. The SMILES string of the molecule is COc1cc(CNCCNC(C)=O)cc2c1OCCO2. The molecule has 6 nitrogen and oxygen atoms in total. The third kappa shape index (κ3) is 3.77. The molecule has 1 aliphatic rings. The summed E-state index contributed by atoms with van der Waals surface area (Å²) in [4.78, 5) is 10.7. The van der Waals surface area contributed by atoms with E-state index in [-0.39, 0.29) is 5.91 Å². The van der Waals surface area contributed by atoms with Crippen molar-refractivity contribution in [1.29, 1.82) is 0 Å². The largest absolute Gasteiger partial charge is 0.493 e. The van der Waals surface area contributed by atoms with Crippen LogP contribution < -0.4 is 24.8 Å². The lowest BCUT2D eigenvalue weighted by atomic mass is 10.1. The van der Waals surface area contributed by atoms with E-state index in [1.54, 1.807) is 7.11 Å². The van der Waals surface area contributed by atoms with Crippen LogP contribution >= 0.6 is 0 Å². The van der Waals surface area contributed by atoms with E-state index < -0.39 is 0 Å². The number of ether oxygens (including phenoxy) is 3. The maximum atomic E-state index is 10.7. The van der Waals surface area contributed by atoms with Crippen LogP contribution in [-0.2, 0) is 11.3 Å². The highest BCUT2D eigenvalue weighted by molar-refractivity contribution is 5.72. The Bertz CT molecular complexity index is 459. The van der Waals surface area contributed by atoms with Gasteiger partial charge in [-0.1, -0.05) is 0 Å². The van der Waals surface area contributed by atoms with Crippen LogP contribution in [0.4, 0.5) is 0 Å². The highest BCUT2D eigenvalue weighted by Gasteiger charge is 2.18. The van der Waals surface area contributed by atoms with Crippen molar-refractivity contribution in [3.8, 4) is 17.2 Å². The first-order valence-electron chi connectivity index (χ1n) is 6.62. The zero-order valence-corrected chi connectivity index (χ0v) is 11.8. The van der Waals surface area contributed by atoms with Crippen LogP contribution in [0.25, 0.3) is 0 Å². The molecule has 6 heteroatoms. The molecule has 0 radical (unpaired) electrons. The number of hydrogen-bond acceptors (Lipinski definition) is 5. The van der Waals surface area contributed by atoms with E-state index in [2.05, 4.69) is 10.6 Å². The second-order valence-corrected chi connectivity index (χ2v) is 4.48. The van der Waals surface area contributed by atoms with Crippen molar-refractivity contribution in [3.63, 3.8) is 0 Å².